The maximum absolute atomic E-state index is 13.4. The second-order valence-electron chi connectivity index (χ2n) is 34.6. The molecule has 7 saturated heterocycles. The minimum absolute atomic E-state index is 0.00896. The molecule has 45 heteroatoms. The van der Waals surface area contributed by atoms with Gasteiger partial charge >= 0.3 is 17.9 Å². The zero-order valence-electron chi connectivity index (χ0n) is 67.9. The van der Waals surface area contributed by atoms with Crippen LogP contribution < -0.4 is 0 Å². The normalized spacial score (nSPS) is 49.4. The van der Waals surface area contributed by atoms with Crippen LogP contribution in [0.15, 0.2) is 36.5 Å². The number of esters is 3. The molecule has 0 spiro atoms. The molecule has 48 atom stereocenters. The highest BCUT2D eigenvalue weighted by Gasteiger charge is 2.58. The van der Waals surface area contributed by atoms with Crippen LogP contribution in [0.25, 0.3) is 0 Å². The van der Waals surface area contributed by atoms with Crippen LogP contribution in [0.4, 0.5) is 0 Å². The summed E-state index contributed by atoms with van der Waals surface area (Å²) >= 11 is 0. The molecule has 0 bridgehead atoms. The molecule has 0 aromatic rings. The number of carbonyl (C=O) groups is 3. The van der Waals surface area contributed by atoms with Crippen LogP contribution in [0.5, 0.6) is 0 Å². The first-order chi connectivity index (χ1) is 59.1. The molecule has 124 heavy (non-hydrogen) atoms. The number of allylic oxidation sites excluding steroid dienone is 3. The predicted octanol–water partition coefficient (Wildman–Crippen LogP) is -11.4. The van der Waals surface area contributed by atoms with Gasteiger partial charge in [0, 0.05) is 37.7 Å². The molecule has 0 radical (unpaired) electrons. The van der Waals surface area contributed by atoms with Crippen LogP contribution in [-0.2, 0) is 94.9 Å². The average Bonchev–Trinajstić information content (AvgIpc) is 0.758. The maximum Gasteiger partial charge on any atom is 0.330 e. The van der Waals surface area contributed by atoms with Gasteiger partial charge in [-0.2, -0.15) is 0 Å². The Bertz CT molecular complexity index is 3420. The van der Waals surface area contributed by atoms with E-state index in [1.807, 2.05) is 0 Å². The number of hydrogen-bond acceptors (Lipinski definition) is 45. The van der Waals surface area contributed by atoms with Gasteiger partial charge in [0.1, 0.15) is 166 Å². The van der Waals surface area contributed by atoms with Gasteiger partial charge in [0.2, 0.25) is 0 Å². The number of aliphatic hydroxyl groups is 25. The molecule has 710 valence electrons. The number of aliphatic hydroxyl groups excluding tert-OH is 25. The van der Waals surface area contributed by atoms with Crippen molar-refractivity contribution in [3.05, 3.63) is 36.5 Å². The van der Waals surface area contributed by atoms with Gasteiger partial charge in [0.15, 0.2) is 37.7 Å². The summed E-state index contributed by atoms with van der Waals surface area (Å²) in [6.07, 6.45) is -56.2. The van der Waals surface area contributed by atoms with Crippen molar-refractivity contribution in [3.8, 4) is 0 Å². The van der Waals surface area contributed by atoms with E-state index in [4.69, 9.17) is 80.5 Å². The summed E-state index contributed by atoms with van der Waals surface area (Å²) in [5, 5.41) is 270. The molecule has 0 aromatic heterocycles. The number of carbonyl (C=O) groups excluding carboxylic acids is 3. The van der Waals surface area contributed by atoms with Gasteiger partial charge in [-0.15, -0.1) is 0 Å². The fraction of sp³-hybridized carbons (Fsp3) is 0.886. The number of hydrogen-bond donors (Lipinski definition) is 25. The van der Waals surface area contributed by atoms with E-state index < -0.39 is 345 Å². The van der Waals surface area contributed by atoms with Gasteiger partial charge in [-0.25, -0.2) is 14.4 Å². The average molecular weight is 1790 g/mol. The minimum Gasteiger partial charge on any atom is -0.460 e. The Kier molecular flexibility index (Phi) is 35.6. The van der Waals surface area contributed by atoms with Crippen molar-refractivity contribution in [2.45, 2.75) is 360 Å². The molecule has 25 N–H and O–H groups in total. The molecule has 5 aliphatic carbocycles. The highest BCUT2D eigenvalue weighted by atomic mass is 16.8. The maximum atomic E-state index is 13.4. The second-order valence-corrected chi connectivity index (χ2v) is 34.6. The van der Waals surface area contributed by atoms with Crippen molar-refractivity contribution in [2.75, 3.05) is 46.8 Å². The third-order valence-corrected chi connectivity index (χ3v) is 26.2. The lowest BCUT2D eigenvalue weighted by molar-refractivity contribution is -0.380. The molecule has 45 nitrogen and oxygen atoms in total. The summed E-state index contributed by atoms with van der Waals surface area (Å²) in [5.41, 5.74) is 0. The van der Waals surface area contributed by atoms with Crippen molar-refractivity contribution >= 4 is 17.9 Å². The van der Waals surface area contributed by atoms with E-state index in [1.54, 1.807) is 0 Å². The highest BCUT2D eigenvalue weighted by Crippen LogP contribution is 2.47. The summed E-state index contributed by atoms with van der Waals surface area (Å²) in [6.45, 7) is -4.45. The molecular formula is C79H124O45. The standard InChI is InChI=1S/C79H124O45/c1-108-43-19-32(8-10-35(43)84)72-45(117-79-73(66(102)57(93)48(25-82)120-79)124-78-71(107)65(101)60(96)51(123-78)28-111-53(89)14-6-29-3-11-39(37(86)16-29)113-74-67(103)61(97)55(91)46(23-80)118-74)22-34-41(112-72)20-33(83)21-42(34)115-76-70(106)64(100)59(95)50(122-76)27-109-52(88)13-5-30-4-12-40(38(87)17-30)114-75-69(105)63(99)58(94)49(121-75)26-110-54(90)15-7-31-2-9-36(85)44(18-31)116-77-68(104)62(98)56(92)47(24-81)119-77/h5-7,13-15,29-51,55-87,91-107H,2-4,8-12,16-28H2,1H3. The van der Waals surface area contributed by atoms with E-state index >= 15 is 0 Å². The Balaban J connectivity index is 0.631. The fourth-order valence-corrected chi connectivity index (χ4v) is 18.7. The molecule has 12 rings (SSSR count). The number of fused-ring (bicyclic) bond motifs is 1. The van der Waals surface area contributed by atoms with E-state index in [1.165, 1.54) is 25.3 Å². The van der Waals surface area contributed by atoms with E-state index in [0.717, 1.165) is 18.2 Å². The Morgan fingerprint density at radius 1 is 0.298 bits per heavy atom. The zero-order chi connectivity index (χ0) is 89.6. The summed E-state index contributed by atoms with van der Waals surface area (Å²) in [4.78, 5) is 39.5. The molecule has 7 aliphatic heterocycles. The Hall–Kier alpha value is -3.93. The second kappa shape index (κ2) is 44.5. The lowest BCUT2D eigenvalue weighted by Crippen LogP contribution is -2.66. The van der Waals surface area contributed by atoms with Crippen molar-refractivity contribution in [2.24, 2.45) is 29.6 Å². The lowest BCUT2D eigenvalue weighted by atomic mass is 9.72. The van der Waals surface area contributed by atoms with Gasteiger partial charge in [-0.05, 0) is 114 Å². The van der Waals surface area contributed by atoms with Crippen LogP contribution in [-0.4, -0.2) is 456 Å². The van der Waals surface area contributed by atoms with Gasteiger partial charge < -0.3 is 208 Å². The Morgan fingerprint density at radius 2 is 0.645 bits per heavy atom. The van der Waals surface area contributed by atoms with Crippen molar-refractivity contribution < 1.29 is 223 Å². The van der Waals surface area contributed by atoms with Crippen LogP contribution in [0.2, 0.25) is 0 Å². The minimum atomic E-state index is -2.12. The summed E-state index contributed by atoms with van der Waals surface area (Å²) in [5.74, 6) is -5.48. The molecule has 48 unspecified atom stereocenters. The SMILES string of the molecule is COC1CC(C2OC3CC(O)CC(OC4OC(COC(=O)C=CC5CCC(OC6OC(COC(=O)C=CC7CCC(O)C(OC8OC(CO)C(O)C(O)C8O)C7)C(O)C(O)C6O)C(O)C5)C(O)C(O)C4O)C3CC2OC2OC(CO)C(O)C(O)C2OC2OC(COC(=O)C=CC3CCC(OC4OC(CO)C(O)C(O)C4O)C(O)C3)C(O)C(O)C2O)CCC1O. The smallest absolute Gasteiger partial charge is 0.330 e. The van der Waals surface area contributed by atoms with Crippen molar-refractivity contribution in [3.63, 3.8) is 0 Å². The lowest BCUT2D eigenvalue weighted by Gasteiger charge is -2.53. The molecular weight excluding hydrogens is 1670 g/mol. The van der Waals surface area contributed by atoms with E-state index in [2.05, 4.69) is 0 Å². The summed E-state index contributed by atoms with van der Waals surface area (Å²) in [7, 11) is 1.41. The monoisotopic (exact) mass is 1790 g/mol. The largest absolute Gasteiger partial charge is 0.460 e. The van der Waals surface area contributed by atoms with Crippen LogP contribution in [0.3, 0.4) is 0 Å². The number of methoxy groups -OCH3 is 1. The summed E-state index contributed by atoms with van der Waals surface area (Å²) < 4.78 is 100. The van der Waals surface area contributed by atoms with Gasteiger partial charge in [-0.3, -0.25) is 0 Å². The van der Waals surface area contributed by atoms with Crippen LogP contribution in [0.1, 0.15) is 96.3 Å². The Morgan fingerprint density at radius 3 is 1.06 bits per heavy atom. The first-order valence-electron chi connectivity index (χ1n) is 42.5. The topological polar surface area (TPSA) is 714 Å². The Labute approximate surface area is 710 Å². The molecule has 5 saturated carbocycles. The predicted molar refractivity (Wildman–Crippen MR) is 401 cm³/mol. The number of ether oxygens (including phenoxy) is 17. The fourth-order valence-electron chi connectivity index (χ4n) is 18.7. The molecule has 12 aliphatic rings. The van der Waals surface area contributed by atoms with E-state index in [-0.39, 0.29) is 83.0 Å². The molecule has 12 fully saturated rings. The van der Waals surface area contributed by atoms with Crippen molar-refractivity contribution in [1.29, 1.82) is 0 Å². The number of rotatable bonds is 29. The van der Waals surface area contributed by atoms with E-state index in [0.29, 0.717) is 19.3 Å². The molecule has 0 aromatic carbocycles. The van der Waals surface area contributed by atoms with Crippen LogP contribution >= 0.6 is 0 Å². The van der Waals surface area contributed by atoms with Gasteiger partial charge in [0.25, 0.3) is 0 Å². The van der Waals surface area contributed by atoms with Gasteiger partial charge in [-0.1, -0.05) is 18.2 Å². The third-order valence-electron chi connectivity index (χ3n) is 26.2. The molecule has 7 heterocycles. The highest BCUT2D eigenvalue weighted by molar-refractivity contribution is 5.82. The van der Waals surface area contributed by atoms with E-state index in [9.17, 15) is 142 Å². The summed E-state index contributed by atoms with van der Waals surface area (Å²) in [6, 6.07) is 0. The first kappa shape index (κ1) is 99.1. The van der Waals surface area contributed by atoms with Crippen molar-refractivity contribution in [1.82, 2.24) is 0 Å². The zero-order valence-corrected chi connectivity index (χ0v) is 67.9. The van der Waals surface area contributed by atoms with Crippen LogP contribution in [0, 0.1) is 29.6 Å². The quantitative estimate of drug-likeness (QED) is 0.0188. The molecule has 0 amide bonds. The third kappa shape index (κ3) is 23.6. The van der Waals surface area contributed by atoms with Gasteiger partial charge in [0.05, 0.1) is 99.2 Å². The first-order valence-corrected chi connectivity index (χ1v) is 42.5.